The Morgan fingerprint density at radius 3 is 3.00 bits per heavy atom. The molecule has 0 atom stereocenters. The van der Waals surface area contributed by atoms with Gasteiger partial charge in [0, 0.05) is 13.1 Å². The molecule has 1 aromatic carbocycles. The van der Waals surface area contributed by atoms with Crippen LogP contribution in [-0.2, 0) is 6.54 Å². The van der Waals surface area contributed by atoms with E-state index >= 15 is 0 Å². The van der Waals surface area contributed by atoms with E-state index in [1.54, 1.807) is 17.2 Å². The maximum Gasteiger partial charge on any atom is 0.258 e. The first-order chi connectivity index (χ1) is 10.3. The molecule has 5 heteroatoms. The summed E-state index contributed by atoms with van der Waals surface area (Å²) in [5.74, 6) is 1.37. The van der Waals surface area contributed by atoms with Crippen LogP contribution in [-0.4, -0.2) is 30.5 Å². The van der Waals surface area contributed by atoms with E-state index in [0.717, 1.165) is 18.0 Å². The molecule has 0 radical (unpaired) electrons. The lowest BCUT2D eigenvalue weighted by Crippen LogP contribution is -2.31. The van der Waals surface area contributed by atoms with E-state index in [0.29, 0.717) is 31.0 Å². The van der Waals surface area contributed by atoms with Gasteiger partial charge in [-0.1, -0.05) is 6.07 Å². The third-order valence-corrected chi connectivity index (χ3v) is 3.51. The summed E-state index contributed by atoms with van der Waals surface area (Å²) in [7, 11) is 0. The van der Waals surface area contributed by atoms with Crippen molar-refractivity contribution in [2.45, 2.75) is 13.5 Å². The van der Waals surface area contributed by atoms with Gasteiger partial charge in [0.1, 0.15) is 12.4 Å². The lowest BCUT2D eigenvalue weighted by molar-refractivity contribution is 0.0737. The summed E-state index contributed by atoms with van der Waals surface area (Å²) in [6.07, 6.45) is 1.62. The average molecular weight is 286 g/mol. The number of nitrogens with zero attached hydrogens (tertiary/aromatic N) is 1. The van der Waals surface area contributed by atoms with Gasteiger partial charge in [-0.05, 0) is 31.2 Å². The molecule has 2 aromatic rings. The van der Waals surface area contributed by atoms with Gasteiger partial charge in [0.2, 0.25) is 0 Å². The Balaban J connectivity index is 1.86. The monoisotopic (exact) mass is 286 g/mol. The summed E-state index contributed by atoms with van der Waals surface area (Å²) in [4.78, 5) is 14.5. The predicted octanol–water partition coefficient (Wildman–Crippen LogP) is 2.75. The van der Waals surface area contributed by atoms with Crippen LogP contribution in [0.4, 0.5) is 5.69 Å². The fraction of sp³-hybridized carbons (Fsp3) is 0.312. The van der Waals surface area contributed by atoms with Gasteiger partial charge in [0.25, 0.3) is 5.91 Å². The third kappa shape index (κ3) is 2.72. The van der Waals surface area contributed by atoms with Crippen molar-refractivity contribution >= 4 is 11.6 Å². The molecule has 0 saturated carbocycles. The number of anilines is 1. The van der Waals surface area contributed by atoms with E-state index in [1.165, 1.54) is 0 Å². The number of carbonyl (C=O) groups excluding carboxylic acids is 1. The van der Waals surface area contributed by atoms with Crippen LogP contribution in [0.25, 0.3) is 0 Å². The molecule has 1 aliphatic rings. The zero-order valence-corrected chi connectivity index (χ0v) is 12.0. The number of nitrogens with one attached hydrogen (secondary N) is 1. The number of hydrogen-bond donors (Lipinski definition) is 1. The van der Waals surface area contributed by atoms with E-state index in [2.05, 4.69) is 5.32 Å². The zero-order valence-electron chi connectivity index (χ0n) is 12.0. The first-order valence-electron chi connectivity index (χ1n) is 7.11. The van der Waals surface area contributed by atoms with Crippen molar-refractivity contribution in [3.63, 3.8) is 0 Å². The van der Waals surface area contributed by atoms with Gasteiger partial charge < -0.3 is 19.4 Å². The van der Waals surface area contributed by atoms with Crippen molar-refractivity contribution in [2.24, 2.45) is 0 Å². The van der Waals surface area contributed by atoms with Crippen LogP contribution in [0.15, 0.2) is 41.0 Å². The van der Waals surface area contributed by atoms with E-state index < -0.39 is 0 Å². The molecule has 1 amide bonds. The number of para-hydroxylation sites is 1. The number of benzene rings is 1. The molecule has 0 bridgehead atoms. The summed E-state index contributed by atoms with van der Waals surface area (Å²) >= 11 is 0. The highest BCUT2D eigenvalue weighted by atomic mass is 16.5. The minimum atomic E-state index is -0.0468. The van der Waals surface area contributed by atoms with E-state index in [1.807, 2.05) is 31.2 Å². The van der Waals surface area contributed by atoms with E-state index in [4.69, 9.17) is 9.15 Å². The Morgan fingerprint density at radius 2 is 2.24 bits per heavy atom. The molecule has 110 valence electrons. The van der Waals surface area contributed by atoms with Crippen LogP contribution in [0, 0.1) is 0 Å². The van der Waals surface area contributed by atoms with E-state index in [9.17, 15) is 4.79 Å². The maximum absolute atomic E-state index is 12.8. The highest BCUT2D eigenvalue weighted by Gasteiger charge is 2.23. The molecule has 3 rings (SSSR count). The number of carbonyl (C=O) groups is 1. The van der Waals surface area contributed by atoms with Gasteiger partial charge >= 0.3 is 0 Å². The van der Waals surface area contributed by atoms with Crippen molar-refractivity contribution in [1.29, 1.82) is 0 Å². The fourth-order valence-corrected chi connectivity index (χ4v) is 2.43. The van der Waals surface area contributed by atoms with Crippen LogP contribution in [0.5, 0.6) is 5.75 Å². The maximum atomic E-state index is 12.8. The molecular weight excluding hydrogens is 268 g/mol. The Labute approximate surface area is 123 Å². The largest absolute Gasteiger partial charge is 0.489 e. The molecule has 2 heterocycles. The Kier molecular flexibility index (Phi) is 3.81. The second kappa shape index (κ2) is 5.91. The Bertz CT molecular complexity index is 622. The number of amides is 1. The average Bonchev–Trinajstić information content (AvgIpc) is 3.04. The van der Waals surface area contributed by atoms with Crippen LogP contribution < -0.4 is 10.1 Å². The normalized spacial score (nSPS) is 13.0. The second-order valence-electron chi connectivity index (χ2n) is 4.86. The minimum Gasteiger partial charge on any atom is -0.489 e. The SMILES string of the molecule is CCN(Cc1ccco1)C(=O)c1cccc2c1OCCN2. The molecule has 0 unspecified atom stereocenters. The fourth-order valence-electron chi connectivity index (χ4n) is 2.43. The van der Waals surface area contributed by atoms with Gasteiger partial charge in [-0.3, -0.25) is 4.79 Å². The smallest absolute Gasteiger partial charge is 0.258 e. The summed E-state index contributed by atoms with van der Waals surface area (Å²) < 4.78 is 11.0. The summed E-state index contributed by atoms with van der Waals surface area (Å²) in [6, 6.07) is 9.29. The van der Waals surface area contributed by atoms with Crippen molar-refractivity contribution in [3.05, 3.63) is 47.9 Å². The van der Waals surface area contributed by atoms with Crippen LogP contribution >= 0.6 is 0 Å². The Hall–Kier alpha value is -2.43. The van der Waals surface area contributed by atoms with Crippen molar-refractivity contribution in [2.75, 3.05) is 25.0 Å². The highest BCUT2D eigenvalue weighted by molar-refractivity contribution is 5.99. The van der Waals surface area contributed by atoms with E-state index in [-0.39, 0.29) is 5.91 Å². The Morgan fingerprint density at radius 1 is 1.33 bits per heavy atom. The third-order valence-electron chi connectivity index (χ3n) is 3.51. The van der Waals surface area contributed by atoms with Crippen molar-refractivity contribution in [1.82, 2.24) is 4.90 Å². The van der Waals surface area contributed by atoms with Gasteiger partial charge in [-0.15, -0.1) is 0 Å². The lowest BCUT2D eigenvalue weighted by atomic mass is 10.1. The summed E-state index contributed by atoms with van der Waals surface area (Å²) in [5, 5.41) is 3.25. The minimum absolute atomic E-state index is 0.0468. The molecule has 0 aliphatic carbocycles. The molecule has 1 N–H and O–H groups in total. The van der Waals surface area contributed by atoms with Crippen LogP contribution in [0.2, 0.25) is 0 Å². The van der Waals surface area contributed by atoms with Crippen molar-refractivity contribution < 1.29 is 13.9 Å². The number of ether oxygens (including phenoxy) is 1. The number of rotatable bonds is 4. The summed E-state index contributed by atoms with van der Waals surface area (Å²) in [5.41, 5.74) is 1.47. The van der Waals surface area contributed by atoms with Crippen LogP contribution in [0.1, 0.15) is 23.0 Å². The zero-order chi connectivity index (χ0) is 14.7. The topological polar surface area (TPSA) is 54.7 Å². The molecule has 5 nitrogen and oxygen atoms in total. The standard InChI is InChI=1S/C16H18N2O3/c1-2-18(11-12-5-4-9-20-12)16(19)13-6-3-7-14-15(13)21-10-8-17-14/h3-7,9,17H,2,8,10-11H2,1H3. The molecule has 0 spiro atoms. The van der Waals surface area contributed by atoms with Gasteiger partial charge in [-0.2, -0.15) is 0 Å². The number of hydrogen-bond acceptors (Lipinski definition) is 4. The molecule has 21 heavy (non-hydrogen) atoms. The van der Waals surface area contributed by atoms with Crippen molar-refractivity contribution in [3.8, 4) is 5.75 Å². The van der Waals surface area contributed by atoms with Gasteiger partial charge in [0.15, 0.2) is 5.75 Å². The second-order valence-corrected chi connectivity index (χ2v) is 4.86. The number of furan rings is 1. The lowest BCUT2D eigenvalue weighted by Gasteiger charge is -2.25. The molecule has 0 fully saturated rings. The highest BCUT2D eigenvalue weighted by Crippen LogP contribution is 2.32. The quantitative estimate of drug-likeness (QED) is 0.939. The first kappa shape index (κ1) is 13.5. The molecule has 1 aromatic heterocycles. The molecule has 1 aliphatic heterocycles. The first-order valence-corrected chi connectivity index (χ1v) is 7.11. The number of fused-ring (bicyclic) bond motifs is 1. The van der Waals surface area contributed by atoms with Crippen LogP contribution in [0.3, 0.4) is 0 Å². The predicted molar refractivity (Wildman–Crippen MR) is 79.5 cm³/mol. The van der Waals surface area contributed by atoms with Gasteiger partial charge in [-0.25, -0.2) is 0 Å². The van der Waals surface area contributed by atoms with Gasteiger partial charge in [0.05, 0.1) is 24.1 Å². The summed E-state index contributed by atoms with van der Waals surface area (Å²) in [6.45, 7) is 4.35. The molecular formula is C16H18N2O3. The molecule has 0 saturated heterocycles.